The Hall–Kier alpha value is -1.19. The van der Waals surface area contributed by atoms with E-state index in [0.29, 0.717) is 31.0 Å². The van der Waals surface area contributed by atoms with Gasteiger partial charge in [-0.2, -0.15) is 0 Å². The Labute approximate surface area is 182 Å². The van der Waals surface area contributed by atoms with Crippen molar-refractivity contribution in [1.82, 2.24) is 0 Å². The quantitative estimate of drug-likeness (QED) is 0.434. The molecule has 30 heavy (non-hydrogen) atoms. The molecule has 0 radical (unpaired) electrons. The van der Waals surface area contributed by atoms with Gasteiger partial charge in [0.25, 0.3) is 0 Å². The Morgan fingerprint density at radius 3 is 1.80 bits per heavy atom. The minimum Gasteiger partial charge on any atom is -0.348 e. The van der Waals surface area contributed by atoms with Crippen LogP contribution in [-0.2, 0) is 9.47 Å². The number of halogens is 1. The van der Waals surface area contributed by atoms with E-state index in [1.807, 2.05) is 6.08 Å². The predicted octanol–water partition coefficient (Wildman–Crippen LogP) is 7.36. The van der Waals surface area contributed by atoms with Gasteiger partial charge in [0.15, 0.2) is 6.29 Å². The first-order chi connectivity index (χ1) is 14.7. The number of ether oxygens (including phenoxy) is 2. The van der Waals surface area contributed by atoms with E-state index in [4.69, 9.17) is 9.47 Å². The lowest BCUT2D eigenvalue weighted by molar-refractivity contribution is -0.197. The zero-order valence-corrected chi connectivity index (χ0v) is 18.4. The van der Waals surface area contributed by atoms with Crippen LogP contribution in [0, 0.1) is 23.7 Å². The Morgan fingerprint density at radius 1 is 0.767 bits per heavy atom. The molecule has 3 heteroatoms. The van der Waals surface area contributed by atoms with Gasteiger partial charge in [0, 0.05) is 11.5 Å². The molecule has 1 saturated heterocycles. The minimum atomic E-state index is -0.231. The molecule has 2 aliphatic carbocycles. The van der Waals surface area contributed by atoms with E-state index in [-0.39, 0.29) is 13.0 Å². The normalized spacial score (nSPS) is 35.1. The second-order valence-electron chi connectivity index (χ2n) is 10.00. The van der Waals surface area contributed by atoms with Gasteiger partial charge in [0.05, 0.1) is 19.9 Å². The van der Waals surface area contributed by atoms with Crippen molar-refractivity contribution in [2.45, 2.75) is 76.4 Å². The summed E-state index contributed by atoms with van der Waals surface area (Å²) in [6, 6.07) is 8.95. The Morgan fingerprint density at radius 2 is 1.27 bits per heavy atom. The van der Waals surface area contributed by atoms with Crippen molar-refractivity contribution in [1.29, 1.82) is 0 Å². The SMILES string of the molecule is C=CC1COC(c2ccc(C3CCC(CCC4CCC(CF)CC4)CC3)cc2)OC1. The van der Waals surface area contributed by atoms with Gasteiger partial charge in [-0.05, 0) is 67.8 Å². The van der Waals surface area contributed by atoms with Gasteiger partial charge < -0.3 is 9.47 Å². The van der Waals surface area contributed by atoms with Crippen LogP contribution >= 0.6 is 0 Å². The number of hydrogen-bond acceptors (Lipinski definition) is 2. The summed E-state index contributed by atoms with van der Waals surface area (Å²) < 4.78 is 24.5. The topological polar surface area (TPSA) is 18.5 Å². The van der Waals surface area contributed by atoms with Crippen LogP contribution in [0.2, 0.25) is 0 Å². The van der Waals surface area contributed by atoms with E-state index in [1.165, 1.54) is 56.9 Å². The second kappa shape index (κ2) is 10.9. The zero-order valence-electron chi connectivity index (χ0n) is 18.4. The molecule has 0 bridgehead atoms. The molecule has 1 aromatic rings. The van der Waals surface area contributed by atoms with Gasteiger partial charge in [-0.3, -0.25) is 4.39 Å². The van der Waals surface area contributed by atoms with Crippen LogP contribution in [0.25, 0.3) is 0 Å². The summed E-state index contributed by atoms with van der Waals surface area (Å²) in [5.41, 5.74) is 2.60. The van der Waals surface area contributed by atoms with Crippen LogP contribution < -0.4 is 0 Å². The van der Waals surface area contributed by atoms with E-state index >= 15 is 0 Å². The van der Waals surface area contributed by atoms with E-state index in [0.717, 1.165) is 30.2 Å². The van der Waals surface area contributed by atoms with Crippen LogP contribution in [0.5, 0.6) is 0 Å². The first-order valence-electron chi connectivity index (χ1n) is 12.3. The summed E-state index contributed by atoms with van der Waals surface area (Å²) in [6.45, 7) is 5.10. The number of alkyl halides is 1. The number of benzene rings is 1. The molecule has 2 nitrogen and oxygen atoms in total. The molecule has 0 N–H and O–H groups in total. The highest BCUT2D eigenvalue weighted by Crippen LogP contribution is 2.40. The van der Waals surface area contributed by atoms with Crippen molar-refractivity contribution in [2.24, 2.45) is 23.7 Å². The molecule has 0 amide bonds. The van der Waals surface area contributed by atoms with Crippen LogP contribution in [0.15, 0.2) is 36.9 Å². The molecule has 0 unspecified atom stereocenters. The average Bonchev–Trinajstić information content (AvgIpc) is 2.83. The van der Waals surface area contributed by atoms with E-state index < -0.39 is 0 Å². The van der Waals surface area contributed by atoms with Crippen LogP contribution in [-0.4, -0.2) is 19.9 Å². The molecule has 2 saturated carbocycles. The summed E-state index contributed by atoms with van der Waals surface area (Å²) >= 11 is 0. The molecule has 0 spiro atoms. The highest BCUT2D eigenvalue weighted by atomic mass is 19.1. The van der Waals surface area contributed by atoms with Crippen LogP contribution in [0.1, 0.15) is 87.5 Å². The summed E-state index contributed by atoms with van der Waals surface area (Å²) in [4.78, 5) is 0. The average molecular weight is 415 g/mol. The van der Waals surface area contributed by atoms with Crippen molar-refractivity contribution < 1.29 is 13.9 Å². The van der Waals surface area contributed by atoms with Gasteiger partial charge in [0.1, 0.15) is 0 Å². The predicted molar refractivity (Wildman–Crippen MR) is 120 cm³/mol. The fourth-order valence-electron chi connectivity index (χ4n) is 5.70. The minimum absolute atomic E-state index is 0.103. The van der Waals surface area contributed by atoms with Gasteiger partial charge >= 0.3 is 0 Å². The third-order valence-electron chi connectivity index (χ3n) is 7.95. The van der Waals surface area contributed by atoms with Crippen LogP contribution in [0.3, 0.4) is 0 Å². The highest BCUT2D eigenvalue weighted by molar-refractivity contribution is 5.26. The Kier molecular flexibility index (Phi) is 8.01. The number of hydrogen-bond donors (Lipinski definition) is 0. The van der Waals surface area contributed by atoms with Crippen LogP contribution in [0.4, 0.5) is 4.39 Å². The molecule has 3 aliphatic rings. The van der Waals surface area contributed by atoms with E-state index in [2.05, 4.69) is 30.8 Å². The smallest absolute Gasteiger partial charge is 0.183 e. The lowest BCUT2D eigenvalue weighted by Crippen LogP contribution is -2.25. The van der Waals surface area contributed by atoms with Gasteiger partial charge in [-0.1, -0.05) is 56.0 Å². The highest BCUT2D eigenvalue weighted by Gasteiger charge is 2.26. The van der Waals surface area contributed by atoms with Gasteiger partial charge in [-0.25, -0.2) is 0 Å². The van der Waals surface area contributed by atoms with E-state index in [9.17, 15) is 4.39 Å². The Bertz CT molecular complexity index is 633. The first kappa shape index (κ1) is 22.0. The molecule has 1 aromatic carbocycles. The molecular weight excluding hydrogens is 375 g/mol. The zero-order chi connectivity index (χ0) is 20.8. The Balaban J connectivity index is 1.18. The summed E-state index contributed by atoms with van der Waals surface area (Å²) in [6.07, 6.45) is 14.6. The van der Waals surface area contributed by atoms with Crippen molar-refractivity contribution in [2.75, 3.05) is 19.9 Å². The van der Waals surface area contributed by atoms with E-state index in [1.54, 1.807) is 0 Å². The van der Waals surface area contributed by atoms with Crippen molar-refractivity contribution in [3.8, 4) is 0 Å². The van der Waals surface area contributed by atoms with Gasteiger partial charge in [-0.15, -0.1) is 6.58 Å². The van der Waals surface area contributed by atoms with Crippen molar-refractivity contribution in [3.63, 3.8) is 0 Å². The monoisotopic (exact) mass is 414 g/mol. The first-order valence-corrected chi connectivity index (χ1v) is 12.3. The molecule has 1 aliphatic heterocycles. The lowest BCUT2D eigenvalue weighted by Gasteiger charge is -2.32. The van der Waals surface area contributed by atoms with Gasteiger partial charge in [0.2, 0.25) is 0 Å². The maximum absolute atomic E-state index is 12.8. The fourth-order valence-corrected chi connectivity index (χ4v) is 5.70. The van der Waals surface area contributed by atoms with Crippen molar-refractivity contribution >= 4 is 0 Å². The molecule has 0 aromatic heterocycles. The van der Waals surface area contributed by atoms with Crippen molar-refractivity contribution in [3.05, 3.63) is 48.0 Å². The molecule has 1 heterocycles. The third-order valence-corrected chi connectivity index (χ3v) is 7.95. The summed E-state index contributed by atoms with van der Waals surface area (Å²) in [7, 11) is 0. The molecule has 0 atom stereocenters. The maximum Gasteiger partial charge on any atom is 0.183 e. The molecular formula is C27H39FO2. The standard InChI is InChI=1S/C27H39FO2/c1-2-20-18-29-27(30-19-20)26-15-13-25(14-16-26)24-11-9-22(10-12-24)4-3-21-5-7-23(17-28)8-6-21/h2,13-16,20-24,27H,1,3-12,17-19H2. The molecule has 166 valence electrons. The third kappa shape index (κ3) is 5.73. The molecule has 4 rings (SSSR count). The maximum atomic E-state index is 12.8. The molecule has 3 fully saturated rings. The second-order valence-corrected chi connectivity index (χ2v) is 10.00. The fraction of sp³-hybridized carbons (Fsp3) is 0.704. The summed E-state index contributed by atoms with van der Waals surface area (Å²) in [5, 5.41) is 0. The summed E-state index contributed by atoms with van der Waals surface area (Å²) in [5.74, 6) is 3.14. The largest absolute Gasteiger partial charge is 0.348 e. The lowest BCUT2D eigenvalue weighted by atomic mass is 9.74. The number of rotatable bonds is 7.